The van der Waals surface area contributed by atoms with Crippen molar-refractivity contribution in [2.75, 3.05) is 32.1 Å². The molecule has 0 saturated carbocycles. The number of amides is 2. The monoisotopic (exact) mass is 422 g/mol. The van der Waals surface area contributed by atoms with Crippen LogP contribution in [0.15, 0.2) is 42.5 Å². The van der Waals surface area contributed by atoms with Crippen LogP contribution in [0, 0.1) is 13.8 Å². The molecule has 0 aliphatic carbocycles. The number of carbonyl (C=O) groups excluding carboxylic acids is 2. The Hall–Kier alpha value is -2.87. The number of nitrogens with zero attached hydrogens (tertiary/aromatic N) is 1. The number of carbonyl (C=O) groups is 2. The lowest BCUT2D eigenvalue weighted by atomic mass is 10.0. The molecule has 0 atom stereocenters. The summed E-state index contributed by atoms with van der Waals surface area (Å²) in [5.74, 6) is -1.02. The topological polar surface area (TPSA) is 58.6 Å². The maximum atomic E-state index is 13.1. The second kappa shape index (κ2) is 10.2. The first-order valence-electron chi connectivity index (χ1n) is 9.40. The fraction of sp³-hybridized carbons (Fsp3) is 0.364. The lowest BCUT2D eigenvalue weighted by Gasteiger charge is -2.23. The van der Waals surface area contributed by atoms with E-state index in [4.69, 9.17) is 4.74 Å². The fourth-order valence-electron chi connectivity index (χ4n) is 2.90. The molecule has 2 aromatic rings. The molecule has 0 bridgehead atoms. The van der Waals surface area contributed by atoms with Crippen molar-refractivity contribution in [2.24, 2.45) is 0 Å². The van der Waals surface area contributed by atoms with Crippen molar-refractivity contribution in [3.63, 3.8) is 0 Å². The van der Waals surface area contributed by atoms with Gasteiger partial charge in [0.2, 0.25) is 11.8 Å². The van der Waals surface area contributed by atoms with Crippen LogP contribution in [0.5, 0.6) is 0 Å². The van der Waals surface area contributed by atoms with E-state index in [9.17, 15) is 22.8 Å². The van der Waals surface area contributed by atoms with Gasteiger partial charge in [-0.2, -0.15) is 13.2 Å². The molecule has 162 valence electrons. The highest BCUT2D eigenvalue weighted by Crippen LogP contribution is 2.34. The second-order valence-electron chi connectivity index (χ2n) is 7.00. The highest BCUT2D eigenvalue weighted by Gasteiger charge is 2.33. The van der Waals surface area contributed by atoms with Gasteiger partial charge in [-0.15, -0.1) is 0 Å². The standard InChI is InChI=1S/C22H25F3N2O3/c1-15-8-9-17(12-16(15)2)13-21(29)27(10-11-30-3)14-20(28)26-19-7-5-4-6-18(19)22(23,24)25/h4-9,12H,10-11,13-14H2,1-3H3,(H,26,28). The van der Waals surface area contributed by atoms with Gasteiger partial charge < -0.3 is 15.0 Å². The molecule has 0 radical (unpaired) electrons. The minimum absolute atomic E-state index is 0.0806. The number of hydrogen-bond donors (Lipinski definition) is 1. The molecule has 2 amide bonds. The number of para-hydroxylation sites is 1. The molecular weight excluding hydrogens is 397 g/mol. The molecule has 0 aliphatic rings. The summed E-state index contributed by atoms with van der Waals surface area (Å²) in [6, 6.07) is 10.4. The number of aryl methyl sites for hydroxylation is 2. The van der Waals surface area contributed by atoms with E-state index >= 15 is 0 Å². The predicted molar refractivity (Wildman–Crippen MR) is 108 cm³/mol. The Labute approximate surface area is 173 Å². The van der Waals surface area contributed by atoms with Crippen LogP contribution in [0.2, 0.25) is 0 Å². The number of ether oxygens (including phenoxy) is 1. The first-order chi connectivity index (χ1) is 14.1. The zero-order valence-electron chi connectivity index (χ0n) is 17.2. The lowest BCUT2D eigenvalue weighted by molar-refractivity contribution is -0.137. The molecule has 30 heavy (non-hydrogen) atoms. The zero-order valence-corrected chi connectivity index (χ0v) is 17.2. The number of alkyl halides is 3. The number of halogens is 3. The number of anilines is 1. The number of methoxy groups -OCH3 is 1. The molecule has 0 aliphatic heterocycles. The molecule has 2 aromatic carbocycles. The van der Waals surface area contributed by atoms with Crippen LogP contribution >= 0.6 is 0 Å². The van der Waals surface area contributed by atoms with Crippen LogP contribution in [0.4, 0.5) is 18.9 Å². The van der Waals surface area contributed by atoms with Crippen LogP contribution in [-0.2, 0) is 26.9 Å². The average Bonchev–Trinajstić information content (AvgIpc) is 2.67. The molecule has 0 spiro atoms. The average molecular weight is 422 g/mol. The molecule has 0 unspecified atom stereocenters. The molecule has 1 N–H and O–H groups in total. The Morgan fingerprint density at radius 2 is 1.77 bits per heavy atom. The molecule has 2 rings (SSSR count). The summed E-state index contributed by atoms with van der Waals surface area (Å²) in [6.07, 6.45) is -4.52. The van der Waals surface area contributed by atoms with Crippen molar-refractivity contribution in [3.8, 4) is 0 Å². The number of nitrogens with one attached hydrogen (secondary N) is 1. The van der Waals surface area contributed by atoms with Gasteiger partial charge in [0.25, 0.3) is 0 Å². The summed E-state index contributed by atoms with van der Waals surface area (Å²) in [5, 5.41) is 2.27. The molecule has 0 saturated heterocycles. The number of hydrogen-bond acceptors (Lipinski definition) is 3. The van der Waals surface area contributed by atoms with Gasteiger partial charge >= 0.3 is 6.18 Å². The quantitative estimate of drug-likeness (QED) is 0.700. The Morgan fingerprint density at radius 1 is 1.07 bits per heavy atom. The predicted octanol–water partition coefficient (Wildman–Crippen LogP) is 3.98. The SMILES string of the molecule is COCCN(CC(=O)Nc1ccccc1C(F)(F)F)C(=O)Cc1ccc(C)c(C)c1. The van der Waals surface area contributed by atoms with Gasteiger partial charge in [-0.25, -0.2) is 0 Å². The van der Waals surface area contributed by atoms with Crippen molar-refractivity contribution in [2.45, 2.75) is 26.4 Å². The highest BCUT2D eigenvalue weighted by atomic mass is 19.4. The van der Waals surface area contributed by atoms with Gasteiger partial charge in [0, 0.05) is 13.7 Å². The summed E-state index contributed by atoms with van der Waals surface area (Å²) < 4.78 is 44.4. The minimum atomic E-state index is -4.60. The van der Waals surface area contributed by atoms with Crippen molar-refractivity contribution < 1.29 is 27.5 Å². The summed E-state index contributed by atoms with van der Waals surface area (Å²) in [5.41, 5.74) is 1.66. The molecule has 0 heterocycles. The van der Waals surface area contributed by atoms with Gasteiger partial charge in [-0.1, -0.05) is 30.3 Å². The smallest absolute Gasteiger partial charge is 0.383 e. The van der Waals surface area contributed by atoms with Gasteiger partial charge in [0.15, 0.2) is 0 Å². The number of benzene rings is 2. The third kappa shape index (κ3) is 6.59. The van der Waals surface area contributed by atoms with E-state index in [0.29, 0.717) is 0 Å². The normalized spacial score (nSPS) is 11.3. The van der Waals surface area contributed by atoms with Crippen molar-refractivity contribution in [3.05, 3.63) is 64.7 Å². The third-order valence-electron chi connectivity index (χ3n) is 4.69. The Bertz CT molecular complexity index is 897. The van der Waals surface area contributed by atoms with Crippen molar-refractivity contribution in [1.29, 1.82) is 0 Å². The minimum Gasteiger partial charge on any atom is -0.383 e. The summed E-state index contributed by atoms with van der Waals surface area (Å²) >= 11 is 0. The second-order valence-corrected chi connectivity index (χ2v) is 7.00. The zero-order chi connectivity index (χ0) is 22.3. The molecule has 0 aromatic heterocycles. The Balaban J connectivity index is 2.11. The Morgan fingerprint density at radius 3 is 2.40 bits per heavy atom. The van der Waals surface area contributed by atoms with Gasteiger partial charge in [-0.05, 0) is 42.7 Å². The first-order valence-corrected chi connectivity index (χ1v) is 9.40. The lowest BCUT2D eigenvalue weighted by Crippen LogP contribution is -2.41. The summed E-state index contributed by atoms with van der Waals surface area (Å²) in [7, 11) is 1.46. The third-order valence-corrected chi connectivity index (χ3v) is 4.69. The molecular formula is C22H25F3N2O3. The van der Waals surface area contributed by atoms with E-state index < -0.39 is 17.6 Å². The van der Waals surface area contributed by atoms with Crippen molar-refractivity contribution >= 4 is 17.5 Å². The maximum Gasteiger partial charge on any atom is 0.418 e. The van der Waals surface area contributed by atoms with Crippen LogP contribution in [-0.4, -0.2) is 43.5 Å². The van der Waals surface area contributed by atoms with Crippen LogP contribution in [0.1, 0.15) is 22.3 Å². The van der Waals surface area contributed by atoms with E-state index in [2.05, 4.69) is 5.32 Å². The van der Waals surface area contributed by atoms with Crippen molar-refractivity contribution in [1.82, 2.24) is 4.90 Å². The first kappa shape index (κ1) is 23.4. The summed E-state index contributed by atoms with van der Waals surface area (Å²) in [6.45, 7) is 3.88. The summed E-state index contributed by atoms with van der Waals surface area (Å²) in [4.78, 5) is 26.4. The largest absolute Gasteiger partial charge is 0.418 e. The van der Waals surface area contributed by atoms with Gasteiger partial charge in [-0.3, -0.25) is 9.59 Å². The van der Waals surface area contributed by atoms with Crippen LogP contribution in [0.3, 0.4) is 0 Å². The van der Waals surface area contributed by atoms with E-state index in [1.54, 1.807) is 0 Å². The Kier molecular flexibility index (Phi) is 8.00. The molecule has 0 fully saturated rings. The number of rotatable bonds is 8. The van der Waals surface area contributed by atoms with E-state index in [0.717, 1.165) is 22.8 Å². The van der Waals surface area contributed by atoms with Crippen LogP contribution < -0.4 is 5.32 Å². The maximum absolute atomic E-state index is 13.1. The van der Waals surface area contributed by atoms with E-state index in [1.165, 1.54) is 30.2 Å². The van der Waals surface area contributed by atoms with E-state index in [1.807, 2.05) is 32.0 Å². The molecule has 5 nitrogen and oxygen atoms in total. The van der Waals surface area contributed by atoms with Crippen LogP contribution in [0.25, 0.3) is 0 Å². The highest BCUT2D eigenvalue weighted by molar-refractivity contribution is 5.95. The molecule has 8 heteroatoms. The van der Waals surface area contributed by atoms with Gasteiger partial charge in [0.1, 0.15) is 0 Å². The van der Waals surface area contributed by atoms with E-state index in [-0.39, 0.29) is 37.7 Å². The van der Waals surface area contributed by atoms with Gasteiger partial charge in [0.05, 0.1) is 30.8 Å². The fourth-order valence-corrected chi connectivity index (χ4v) is 2.90.